The van der Waals surface area contributed by atoms with Crippen molar-refractivity contribution in [1.29, 1.82) is 0 Å². The molecule has 0 radical (unpaired) electrons. The van der Waals surface area contributed by atoms with E-state index in [1.165, 1.54) is 6.33 Å². The van der Waals surface area contributed by atoms with Crippen LogP contribution in [-0.4, -0.2) is 90.1 Å². The van der Waals surface area contributed by atoms with E-state index in [1.54, 1.807) is 21.3 Å². The van der Waals surface area contributed by atoms with Crippen molar-refractivity contribution in [2.75, 3.05) is 65.6 Å². The van der Waals surface area contributed by atoms with E-state index >= 15 is 0 Å². The molecule has 0 atom stereocenters. The lowest BCUT2D eigenvalue weighted by molar-refractivity contribution is 0.0815. The summed E-state index contributed by atoms with van der Waals surface area (Å²) in [5.41, 5.74) is 10.7. The number of nitrogens with zero attached hydrogens (tertiary/aromatic N) is 6. The van der Waals surface area contributed by atoms with Crippen molar-refractivity contribution < 1.29 is 14.2 Å². The van der Waals surface area contributed by atoms with Gasteiger partial charge in [-0.2, -0.15) is 5.10 Å². The summed E-state index contributed by atoms with van der Waals surface area (Å²) in [4.78, 5) is 14.1. The average Bonchev–Trinajstić information content (AvgIpc) is 3.45. The maximum atomic E-state index is 6.45. The number of aromatic nitrogens is 4. The van der Waals surface area contributed by atoms with Crippen LogP contribution in [0.15, 0.2) is 42.7 Å². The Kier molecular flexibility index (Phi) is 8.53. The second-order valence-corrected chi connectivity index (χ2v) is 11.5. The third-order valence-corrected chi connectivity index (χ3v) is 9.04. The maximum absolute atomic E-state index is 6.45. The highest BCUT2D eigenvalue weighted by Crippen LogP contribution is 2.39. The van der Waals surface area contributed by atoms with E-state index in [0.29, 0.717) is 24.2 Å². The van der Waals surface area contributed by atoms with Crippen LogP contribution < -0.4 is 25.3 Å². The van der Waals surface area contributed by atoms with Crippen LogP contribution in [0, 0.1) is 0 Å². The van der Waals surface area contributed by atoms with Crippen LogP contribution in [0.4, 0.5) is 11.5 Å². The number of benzene rings is 2. The molecule has 1 saturated carbocycles. The van der Waals surface area contributed by atoms with Crippen molar-refractivity contribution in [1.82, 2.24) is 29.5 Å². The molecule has 0 unspecified atom stereocenters. The summed E-state index contributed by atoms with van der Waals surface area (Å²) in [6.45, 7) is 5.11. The van der Waals surface area contributed by atoms with E-state index in [2.05, 4.69) is 36.8 Å². The van der Waals surface area contributed by atoms with Crippen molar-refractivity contribution in [3.63, 3.8) is 0 Å². The largest absolute Gasteiger partial charge is 0.496 e. The minimum atomic E-state index is 0.271. The molecular weight excluding hydrogens is 544 g/mol. The summed E-state index contributed by atoms with van der Waals surface area (Å²) in [6.07, 6.45) is 5.99. The van der Waals surface area contributed by atoms with Crippen molar-refractivity contribution in [2.24, 2.45) is 0 Å². The summed E-state index contributed by atoms with van der Waals surface area (Å²) in [7, 11) is 7.19. The van der Waals surface area contributed by atoms with Crippen molar-refractivity contribution in [2.45, 2.75) is 44.3 Å². The van der Waals surface area contributed by atoms with E-state index in [0.717, 1.165) is 96.9 Å². The smallest absolute Gasteiger partial charge is 0.164 e. The molecule has 1 saturated heterocycles. The molecule has 228 valence electrons. The molecule has 2 aliphatic rings. The Bertz CT molecular complexity index is 1540. The maximum Gasteiger partial charge on any atom is 0.164 e. The van der Waals surface area contributed by atoms with E-state index in [1.807, 2.05) is 36.4 Å². The fourth-order valence-corrected chi connectivity index (χ4v) is 6.58. The Labute approximate surface area is 252 Å². The summed E-state index contributed by atoms with van der Waals surface area (Å²) in [6, 6.07) is 12.7. The second-order valence-electron chi connectivity index (χ2n) is 11.5. The molecule has 1 aliphatic heterocycles. The number of hydrogen-bond acceptors (Lipinski definition) is 10. The number of fused-ring (bicyclic) bond motifs is 1. The molecule has 11 heteroatoms. The fraction of sp³-hybridized carbons (Fsp3) is 0.469. The Balaban J connectivity index is 1.25. The average molecular weight is 587 g/mol. The van der Waals surface area contributed by atoms with Crippen LogP contribution in [0.2, 0.25) is 0 Å². The second kappa shape index (κ2) is 12.6. The van der Waals surface area contributed by atoms with Gasteiger partial charge in [-0.3, -0.25) is 4.90 Å². The molecule has 2 fully saturated rings. The van der Waals surface area contributed by atoms with Crippen LogP contribution in [0.1, 0.15) is 37.3 Å². The summed E-state index contributed by atoms with van der Waals surface area (Å²) < 4.78 is 19.0. The van der Waals surface area contributed by atoms with E-state index in [9.17, 15) is 0 Å². The molecule has 2 aromatic heterocycles. The zero-order chi connectivity index (χ0) is 29.9. The molecule has 11 nitrogen and oxygen atoms in total. The predicted molar refractivity (Wildman–Crippen MR) is 169 cm³/mol. The van der Waals surface area contributed by atoms with Crippen LogP contribution in [-0.2, 0) is 6.54 Å². The number of nitrogens with two attached hydrogens (primary N) is 1. The molecule has 4 aromatic rings. The first kappa shape index (κ1) is 29.0. The van der Waals surface area contributed by atoms with Gasteiger partial charge in [-0.15, -0.1) is 0 Å². The number of ether oxygens (including phenoxy) is 3. The van der Waals surface area contributed by atoms with Gasteiger partial charge in [-0.25, -0.2) is 14.6 Å². The van der Waals surface area contributed by atoms with Gasteiger partial charge in [0.25, 0.3) is 0 Å². The Morgan fingerprint density at radius 1 is 0.860 bits per heavy atom. The molecule has 3 heterocycles. The standard InChI is InChI=1S/C32H42N8O3/c1-38-14-16-39(17-15-38)22-9-11-23(12-10-22)40-32-29(31(33)35-20-36-32)30(37-40)21-8-13-25(28(18-21)43-4)34-19-24-26(41-2)6-5-7-27(24)42-3/h5-8,13,18,20,22-23,34H,9-12,14-17,19H2,1-4H3,(H2,33,35,36)/t22-,23-. The van der Waals surface area contributed by atoms with Crippen molar-refractivity contribution in [3.05, 3.63) is 48.3 Å². The number of methoxy groups -OCH3 is 3. The minimum Gasteiger partial charge on any atom is -0.496 e. The van der Waals surface area contributed by atoms with Crippen LogP contribution in [0.5, 0.6) is 17.2 Å². The van der Waals surface area contributed by atoms with Gasteiger partial charge in [0.05, 0.1) is 44.0 Å². The van der Waals surface area contributed by atoms with E-state index in [4.69, 9.17) is 25.0 Å². The molecule has 3 N–H and O–H groups in total. The molecule has 43 heavy (non-hydrogen) atoms. The first-order chi connectivity index (χ1) is 21.0. The Morgan fingerprint density at radius 3 is 2.21 bits per heavy atom. The van der Waals surface area contributed by atoms with E-state index < -0.39 is 0 Å². The zero-order valence-electron chi connectivity index (χ0n) is 25.5. The first-order valence-corrected chi connectivity index (χ1v) is 15.0. The number of rotatable bonds is 9. The third-order valence-electron chi connectivity index (χ3n) is 9.04. The molecule has 1 aliphatic carbocycles. The number of piperazine rings is 1. The van der Waals surface area contributed by atoms with Gasteiger partial charge in [0.1, 0.15) is 35.1 Å². The lowest BCUT2D eigenvalue weighted by atomic mass is 9.90. The number of nitrogen functional groups attached to an aromatic ring is 1. The number of anilines is 2. The van der Waals surface area contributed by atoms with Crippen LogP contribution in [0.25, 0.3) is 22.3 Å². The lowest BCUT2D eigenvalue weighted by Gasteiger charge is -2.41. The Hall–Kier alpha value is -4.09. The van der Waals surface area contributed by atoms with Gasteiger partial charge in [0.2, 0.25) is 0 Å². The van der Waals surface area contributed by atoms with E-state index in [-0.39, 0.29) is 6.04 Å². The van der Waals surface area contributed by atoms with Crippen molar-refractivity contribution >= 4 is 22.5 Å². The summed E-state index contributed by atoms with van der Waals surface area (Å²) in [5, 5.41) is 9.40. The molecule has 0 bridgehead atoms. The third kappa shape index (κ3) is 5.79. The van der Waals surface area contributed by atoms with Gasteiger partial charge in [0, 0.05) is 44.3 Å². The predicted octanol–water partition coefficient (Wildman–Crippen LogP) is 4.44. The topological polar surface area (TPSA) is 116 Å². The quantitative estimate of drug-likeness (QED) is 0.292. The highest BCUT2D eigenvalue weighted by molar-refractivity contribution is 5.98. The zero-order valence-corrected chi connectivity index (χ0v) is 25.5. The summed E-state index contributed by atoms with van der Waals surface area (Å²) >= 11 is 0. The SMILES string of the molecule is COc1cc(-c2nn([C@H]3CC[C@H](N4CCN(C)CC4)CC3)c3ncnc(N)c23)ccc1NCc1c(OC)cccc1OC. The highest BCUT2D eigenvalue weighted by atomic mass is 16.5. The van der Waals surface area contributed by atoms with Gasteiger partial charge >= 0.3 is 0 Å². The minimum absolute atomic E-state index is 0.271. The molecule has 6 rings (SSSR count). The number of hydrogen-bond donors (Lipinski definition) is 2. The molecular formula is C32H42N8O3. The normalized spacial score (nSPS) is 19.8. The highest BCUT2D eigenvalue weighted by Gasteiger charge is 2.31. The van der Waals surface area contributed by atoms with Crippen LogP contribution in [0.3, 0.4) is 0 Å². The number of nitrogens with one attached hydrogen (secondary N) is 1. The fourth-order valence-electron chi connectivity index (χ4n) is 6.58. The number of likely N-dealkylation sites (N-methyl/N-ethyl adjacent to an activating group) is 1. The lowest BCUT2D eigenvalue weighted by Crippen LogP contribution is -2.49. The molecule has 2 aromatic carbocycles. The van der Waals surface area contributed by atoms with Gasteiger partial charge in [-0.1, -0.05) is 12.1 Å². The summed E-state index contributed by atoms with van der Waals surface area (Å²) in [5.74, 6) is 2.64. The first-order valence-electron chi connectivity index (χ1n) is 15.0. The van der Waals surface area contributed by atoms with Gasteiger partial charge in [0.15, 0.2) is 5.65 Å². The van der Waals surface area contributed by atoms with Gasteiger partial charge in [-0.05, 0) is 57.0 Å². The molecule has 0 spiro atoms. The monoisotopic (exact) mass is 586 g/mol. The van der Waals surface area contributed by atoms with Gasteiger partial charge < -0.3 is 30.2 Å². The Morgan fingerprint density at radius 2 is 1.53 bits per heavy atom. The van der Waals surface area contributed by atoms with Crippen LogP contribution >= 0.6 is 0 Å². The van der Waals surface area contributed by atoms with Crippen molar-refractivity contribution in [3.8, 4) is 28.5 Å². The molecule has 0 amide bonds.